The highest BCUT2D eigenvalue weighted by Crippen LogP contribution is 2.32. The van der Waals surface area contributed by atoms with Gasteiger partial charge in [0.25, 0.3) is 0 Å². The highest BCUT2D eigenvalue weighted by Gasteiger charge is 2.15. The Kier molecular flexibility index (Phi) is 10.2. The summed E-state index contributed by atoms with van der Waals surface area (Å²) < 4.78 is 15.9. The van der Waals surface area contributed by atoms with E-state index in [0.717, 1.165) is 30.0 Å². The van der Waals surface area contributed by atoms with Crippen LogP contribution in [0.2, 0.25) is 0 Å². The van der Waals surface area contributed by atoms with E-state index in [1.807, 2.05) is 45.9 Å². The monoisotopic (exact) mass is 506 g/mol. The van der Waals surface area contributed by atoms with Crippen molar-refractivity contribution in [2.75, 3.05) is 33.0 Å². The zero-order chi connectivity index (χ0) is 19.7. The average molecular weight is 506 g/mol. The molecule has 0 unspecified atom stereocenters. The second-order valence-corrected chi connectivity index (χ2v) is 7.05. The van der Waals surface area contributed by atoms with Gasteiger partial charge in [-0.2, -0.15) is 0 Å². The Bertz CT molecular complexity index is 662. The molecule has 0 aromatic heterocycles. The summed E-state index contributed by atoms with van der Waals surface area (Å²) >= 11 is 0. The van der Waals surface area contributed by atoms with E-state index in [1.54, 1.807) is 0 Å². The van der Waals surface area contributed by atoms with Crippen LogP contribution in [0.1, 0.15) is 33.3 Å². The smallest absolute Gasteiger partial charge is 0.407 e. The number of alkyl carbamates (subject to hydrolysis) is 1. The molecule has 0 aliphatic carbocycles. The molecular formula is C19H31IN4O4. The maximum atomic E-state index is 11.6. The molecule has 1 heterocycles. The van der Waals surface area contributed by atoms with E-state index in [9.17, 15) is 4.79 Å². The average Bonchev–Trinajstić information content (AvgIpc) is 3.05. The Hall–Kier alpha value is -1.91. The number of nitrogens with one attached hydrogen (secondary N) is 3. The molecule has 1 amide bonds. The summed E-state index contributed by atoms with van der Waals surface area (Å²) in [7, 11) is 0. The van der Waals surface area contributed by atoms with Crippen LogP contribution in [0.5, 0.6) is 11.5 Å². The van der Waals surface area contributed by atoms with Crippen LogP contribution in [-0.4, -0.2) is 50.6 Å². The van der Waals surface area contributed by atoms with Gasteiger partial charge in [-0.1, -0.05) is 6.07 Å². The lowest BCUT2D eigenvalue weighted by Crippen LogP contribution is -2.42. The summed E-state index contributed by atoms with van der Waals surface area (Å²) in [5.41, 5.74) is 0.647. The molecule has 0 saturated heterocycles. The number of guanidine groups is 1. The predicted molar refractivity (Wildman–Crippen MR) is 120 cm³/mol. The summed E-state index contributed by atoms with van der Waals surface area (Å²) in [5, 5.41) is 9.09. The molecule has 8 nitrogen and oxygen atoms in total. The third kappa shape index (κ3) is 8.85. The third-order valence-corrected chi connectivity index (χ3v) is 3.54. The van der Waals surface area contributed by atoms with Crippen LogP contribution in [0.25, 0.3) is 0 Å². The summed E-state index contributed by atoms with van der Waals surface area (Å²) in [4.78, 5) is 16.2. The highest BCUT2D eigenvalue weighted by atomic mass is 127. The van der Waals surface area contributed by atoms with Crippen molar-refractivity contribution < 1.29 is 19.0 Å². The van der Waals surface area contributed by atoms with Crippen molar-refractivity contribution in [3.63, 3.8) is 0 Å². The summed E-state index contributed by atoms with van der Waals surface area (Å²) in [6.45, 7) is 10.2. The van der Waals surface area contributed by atoms with E-state index in [2.05, 4.69) is 20.9 Å². The van der Waals surface area contributed by atoms with Gasteiger partial charge in [-0.05, 0) is 51.8 Å². The molecule has 3 N–H and O–H groups in total. The van der Waals surface area contributed by atoms with E-state index in [0.29, 0.717) is 25.6 Å². The number of carbonyl (C=O) groups is 1. The molecular weight excluding hydrogens is 475 g/mol. The van der Waals surface area contributed by atoms with Crippen LogP contribution in [0.15, 0.2) is 23.2 Å². The number of amides is 1. The zero-order valence-corrected chi connectivity index (χ0v) is 19.3. The fourth-order valence-corrected chi connectivity index (χ4v) is 2.39. The lowest BCUT2D eigenvalue weighted by Gasteiger charge is -2.19. The van der Waals surface area contributed by atoms with Crippen molar-refractivity contribution in [2.45, 2.75) is 39.7 Å². The van der Waals surface area contributed by atoms with E-state index in [1.165, 1.54) is 0 Å². The van der Waals surface area contributed by atoms with E-state index in [-0.39, 0.29) is 30.8 Å². The molecule has 1 aliphatic heterocycles. The maximum Gasteiger partial charge on any atom is 0.407 e. The van der Waals surface area contributed by atoms with Gasteiger partial charge in [0, 0.05) is 26.2 Å². The van der Waals surface area contributed by atoms with Crippen molar-refractivity contribution >= 4 is 36.0 Å². The molecule has 28 heavy (non-hydrogen) atoms. The zero-order valence-electron chi connectivity index (χ0n) is 17.0. The Morgan fingerprint density at radius 2 is 1.86 bits per heavy atom. The van der Waals surface area contributed by atoms with Crippen molar-refractivity contribution in [1.82, 2.24) is 16.0 Å². The lowest BCUT2D eigenvalue weighted by atomic mass is 10.1. The highest BCUT2D eigenvalue weighted by molar-refractivity contribution is 14.0. The van der Waals surface area contributed by atoms with Crippen molar-refractivity contribution in [2.24, 2.45) is 4.99 Å². The number of fused-ring (bicyclic) bond motifs is 1. The van der Waals surface area contributed by atoms with Crippen molar-refractivity contribution in [1.29, 1.82) is 0 Å². The molecule has 1 aromatic rings. The number of benzene rings is 1. The Morgan fingerprint density at radius 1 is 1.14 bits per heavy atom. The predicted octanol–water partition coefficient (Wildman–Crippen LogP) is 2.66. The largest absolute Gasteiger partial charge is 0.454 e. The Labute approximate surface area is 183 Å². The van der Waals surface area contributed by atoms with Crippen molar-refractivity contribution in [3.8, 4) is 11.5 Å². The first kappa shape index (κ1) is 24.1. The molecule has 0 spiro atoms. The molecule has 158 valence electrons. The van der Waals surface area contributed by atoms with E-state index in [4.69, 9.17) is 14.2 Å². The van der Waals surface area contributed by atoms with E-state index >= 15 is 0 Å². The van der Waals surface area contributed by atoms with Gasteiger partial charge in [-0.15, -0.1) is 24.0 Å². The Balaban J connectivity index is 0.00000392. The minimum absolute atomic E-state index is 0. The first-order chi connectivity index (χ1) is 12.9. The molecule has 0 bridgehead atoms. The number of aliphatic imine (C=N–C) groups is 1. The molecule has 9 heteroatoms. The van der Waals surface area contributed by atoms with Crippen LogP contribution in [0.4, 0.5) is 4.79 Å². The van der Waals surface area contributed by atoms with Gasteiger partial charge >= 0.3 is 6.09 Å². The number of hydrogen-bond donors (Lipinski definition) is 3. The summed E-state index contributed by atoms with van der Waals surface area (Å²) in [6.07, 6.45) is 0.373. The van der Waals surface area contributed by atoms with Gasteiger partial charge in [-0.3, -0.25) is 4.99 Å². The molecule has 2 rings (SSSR count). The van der Waals surface area contributed by atoms with Crippen LogP contribution in [-0.2, 0) is 11.2 Å². The van der Waals surface area contributed by atoms with Crippen LogP contribution in [0.3, 0.4) is 0 Å². The standard InChI is InChI=1S/C19H30N4O4.HI/c1-5-20-17(22-10-11-23-18(24)27-19(2,3)4)21-9-8-14-6-7-15-16(12-14)26-13-25-15;/h6-7,12H,5,8-11,13H2,1-4H3,(H,23,24)(H2,20,21,22);1H. The van der Waals surface area contributed by atoms with Crippen molar-refractivity contribution in [3.05, 3.63) is 23.8 Å². The second-order valence-electron chi connectivity index (χ2n) is 7.05. The number of carbonyl (C=O) groups excluding carboxylic acids is 1. The lowest BCUT2D eigenvalue weighted by molar-refractivity contribution is 0.0529. The van der Waals surface area contributed by atoms with Gasteiger partial charge in [0.2, 0.25) is 6.79 Å². The maximum absolute atomic E-state index is 11.6. The third-order valence-electron chi connectivity index (χ3n) is 3.54. The summed E-state index contributed by atoms with van der Waals surface area (Å²) in [6, 6.07) is 5.93. The Morgan fingerprint density at radius 3 is 2.57 bits per heavy atom. The van der Waals surface area contributed by atoms with Crippen LogP contribution in [0, 0.1) is 0 Å². The number of ether oxygens (including phenoxy) is 3. The first-order valence-electron chi connectivity index (χ1n) is 9.25. The van der Waals surface area contributed by atoms with Gasteiger partial charge in [-0.25, -0.2) is 4.79 Å². The number of nitrogens with zero attached hydrogens (tertiary/aromatic N) is 1. The second kappa shape index (κ2) is 11.8. The van der Waals surface area contributed by atoms with Gasteiger partial charge in [0.05, 0.1) is 0 Å². The first-order valence-corrected chi connectivity index (χ1v) is 9.25. The molecule has 0 fully saturated rings. The van der Waals surface area contributed by atoms with E-state index < -0.39 is 11.7 Å². The summed E-state index contributed by atoms with van der Waals surface area (Å²) in [5.74, 6) is 2.29. The van der Waals surface area contributed by atoms with Gasteiger partial charge in [0.1, 0.15) is 5.60 Å². The van der Waals surface area contributed by atoms with Crippen LogP contribution >= 0.6 is 24.0 Å². The SMILES string of the molecule is CCNC(=NCCc1ccc2c(c1)OCO2)NCCNC(=O)OC(C)(C)C.I. The quantitative estimate of drug-likeness (QED) is 0.228. The minimum Gasteiger partial charge on any atom is -0.454 e. The van der Waals surface area contributed by atoms with Gasteiger partial charge in [0.15, 0.2) is 17.5 Å². The molecule has 1 aromatic carbocycles. The molecule has 0 saturated carbocycles. The molecule has 0 atom stereocenters. The number of halogens is 1. The fraction of sp³-hybridized carbons (Fsp3) is 0.579. The topological polar surface area (TPSA) is 93.2 Å². The fourth-order valence-electron chi connectivity index (χ4n) is 2.39. The number of hydrogen-bond acceptors (Lipinski definition) is 5. The number of rotatable bonds is 7. The molecule has 0 radical (unpaired) electrons. The van der Waals surface area contributed by atoms with Gasteiger partial charge < -0.3 is 30.2 Å². The molecule has 1 aliphatic rings. The van der Waals surface area contributed by atoms with Crippen LogP contribution < -0.4 is 25.4 Å². The normalized spacial score (nSPS) is 12.8. The minimum atomic E-state index is -0.497.